The number of hydrogen-bond donors (Lipinski definition) is 1. The molecule has 0 amide bonds. The molecule has 0 fully saturated rings. The van der Waals surface area contributed by atoms with Crippen molar-refractivity contribution in [1.82, 2.24) is 0 Å². The standard InChI is InChI=1S/C5H10O2.K.H/c1-4(2)3-5(6)7;;/h4H,3H2,1-2H3,(H,6,7);;. The molecule has 0 saturated carbocycles. The van der Waals surface area contributed by atoms with E-state index in [1.165, 1.54) is 0 Å². The van der Waals surface area contributed by atoms with E-state index in [1.807, 2.05) is 13.8 Å². The van der Waals surface area contributed by atoms with Crippen LogP contribution in [0.2, 0.25) is 0 Å². The Morgan fingerprint density at radius 2 is 2.00 bits per heavy atom. The van der Waals surface area contributed by atoms with Gasteiger partial charge in [0.2, 0.25) is 0 Å². The van der Waals surface area contributed by atoms with Crippen LogP contribution in [-0.2, 0) is 4.79 Å². The fourth-order valence-electron chi connectivity index (χ4n) is 0.349. The first-order chi connectivity index (χ1) is 3.13. The molecule has 8 heavy (non-hydrogen) atoms. The summed E-state index contributed by atoms with van der Waals surface area (Å²) in [5, 5.41) is 8.08. The Bertz CT molecular complexity index is 70.8. The number of carboxylic acids is 1. The average Bonchev–Trinajstić information content (AvgIpc) is 1.27. The molecule has 1 N–H and O–H groups in total. The fourth-order valence-corrected chi connectivity index (χ4v) is 0.349. The van der Waals surface area contributed by atoms with E-state index in [9.17, 15) is 4.79 Å². The van der Waals surface area contributed by atoms with Gasteiger partial charge in [0, 0.05) is 6.42 Å². The van der Waals surface area contributed by atoms with Crippen molar-refractivity contribution in [2.24, 2.45) is 5.92 Å². The molecule has 2 nitrogen and oxygen atoms in total. The molecule has 0 saturated heterocycles. The normalized spacial score (nSPS) is 8.38. The van der Waals surface area contributed by atoms with Crippen molar-refractivity contribution in [1.29, 1.82) is 0 Å². The molecule has 0 aliphatic rings. The number of carbonyl (C=O) groups is 1. The van der Waals surface area contributed by atoms with E-state index in [4.69, 9.17) is 5.11 Å². The maximum atomic E-state index is 9.81. The molecule has 0 atom stereocenters. The van der Waals surface area contributed by atoms with Crippen molar-refractivity contribution in [2.75, 3.05) is 0 Å². The van der Waals surface area contributed by atoms with Crippen LogP contribution >= 0.6 is 0 Å². The summed E-state index contributed by atoms with van der Waals surface area (Å²) in [7, 11) is 0. The molecule has 0 aromatic carbocycles. The van der Waals surface area contributed by atoms with E-state index in [-0.39, 0.29) is 63.7 Å². The van der Waals surface area contributed by atoms with Crippen molar-refractivity contribution >= 4 is 57.4 Å². The SMILES string of the molecule is CC(C)CC(=O)O.[KH]. The van der Waals surface area contributed by atoms with Crippen LogP contribution in [0.25, 0.3) is 0 Å². The van der Waals surface area contributed by atoms with Gasteiger partial charge in [-0.05, 0) is 5.92 Å². The molecule has 0 rings (SSSR count). The summed E-state index contributed by atoms with van der Waals surface area (Å²) in [5.41, 5.74) is 0. The Morgan fingerprint density at radius 3 is 2.00 bits per heavy atom. The third-order valence-electron chi connectivity index (χ3n) is 0.583. The average molecular weight is 142 g/mol. The second-order valence-corrected chi connectivity index (χ2v) is 1.99. The summed E-state index contributed by atoms with van der Waals surface area (Å²) in [6.07, 6.45) is 0.278. The summed E-state index contributed by atoms with van der Waals surface area (Å²) in [5.74, 6) is -0.438. The number of aliphatic carboxylic acids is 1. The second-order valence-electron chi connectivity index (χ2n) is 1.99. The molecule has 0 heterocycles. The summed E-state index contributed by atoms with van der Waals surface area (Å²) >= 11 is 0. The first kappa shape index (κ1) is 11.8. The molecule has 44 valence electrons. The minimum absolute atomic E-state index is 0. The molecule has 0 aliphatic heterocycles. The molecule has 0 aromatic heterocycles. The van der Waals surface area contributed by atoms with Gasteiger partial charge in [0.15, 0.2) is 0 Å². The van der Waals surface area contributed by atoms with Crippen molar-refractivity contribution in [3.05, 3.63) is 0 Å². The quantitative estimate of drug-likeness (QED) is 0.569. The van der Waals surface area contributed by atoms with Gasteiger partial charge in [0.25, 0.3) is 0 Å². The molecular formula is C5H11KO2. The molecule has 3 heteroatoms. The van der Waals surface area contributed by atoms with Crippen LogP contribution in [0.15, 0.2) is 0 Å². The zero-order valence-electron chi connectivity index (χ0n) is 4.64. The predicted molar refractivity (Wildman–Crippen MR) is 34.2 cm³/mol. The van der Waals surface area contributed by atoms with Crippen LogP contribution in [0, 0.1) is 5.92 Å². The molecule has 0 bridgehead atoms. The Morgan fingerprint density at radius 1 is 1.62 bits per heavy atom. The van der Waals surface area contributed by atoms with E-state index < -0.39 is 5.97 Å². The van der Waals surface area contributed by atoms with Crippen molar-refractivity contribution in [3.8, 4) is 0 Å². The summed E-state index contributed by atoms with van der Waals surface area (Å²) in [6, 6.07) is 0. The van der Waals surface area contributed by atoms with Gasteiger partial charge >= 0.3 is 57.4 Å². The van der Waals surface area contributed by atoms with E-state index in [0.29, 0.717) is 0 Å². The predicted octanol–water partition coefficient (Wildman–Crippen LogP) is 0.469. The van der Waals surface area contributed by atoms with Crippen molar-refractivity contribution in [2.45, 2.75) is 20.3 Å². The summed E-state index contributed by atoms with van der Waals surface area (Å²) in [6.45, 7) is 3.77. The van der Waals surface area contributed by atoms with Crippen LogP contribution in [0.4, 0.5) is 0 Å². The minimum atomic E-state index is -0.713. The van der Waals surface area contributed by atoms with E-state index in [2.05, 4.69) is 0 Å². The van der Waals surface area contributed by atoms with Gasteiger partial charge in [-0.2, -0.15) is 0 Å². The monoisotopic (exact) mass is 142 g/mol. The van der Waals surface area contributed by atoms with Crippen LogP contribution in [0.3, 0.4) is 0 Å². The first-order valence-electron chi connectivity index (χ1n) is 2.34. The van der Waals surface area contributed by atoms with Gasteiger partial charge in [-0.1, -0.05) is 13.8 Å². The molecule has 0 aromatic rings. The van der Waals surface area contributed by atoms with Crippen LogP contribution < -0.4 is 0 Å². The van der Waals surface area contributed by atoms with E-state index in [1.54, 1.807) is 0 Å². The Hall–Kier alpha value is 1.11. The third-order valence-corrected chi connectivity index (χ3v) is 0.583. The van der Waals surface area contributed by atoms with Gasteiger partial charge in [0.1, 0.15) is 0 Å². The van der Waals surface area contributed by atoms with Gasteiger partial charge in [-0.25, -0.2) is 0 Å². The molecular weight excluding hydrogens is 131 g/mol. The number of hydrogen-bond acceptors (Lipinski definition) is 1. The van der Waals surface area contributed by atoms with Gasteiger partial charge < -0.3 is 5.11 Å². The topological polar surface area (TPSA) is 37.3 Å². The van der Waals surface area contributed by atoms with Gasteiger partial charge in [0.05, 0.1) is 0 Å². The van der Waals surface area contributed by atoms with E-state index >= 15 is 0 Å². The van der Waals surface area contributed by atoms with E-state index in [0.717, 1.165) is 0 Å². The van der Waals surface area contributed by atoms with Crippen LogP contribution in [0.5, 0.6) is 0 Å². The zero-order valence-corrected chi connectivity index (χ0v) is 4.64. The molecule has 0 radical (unpaired) electrons. The van der Waals surface area contributed by atoms with Gasteiger partial charge in [-0.3, -0.25) is 4.79 Å². The molecule has 0 unspecified atom stereocenters. The zero-order chi connectivity index (χ0) is 5.86. The molecule has 0 spiro atoms. The Labute approximate surface area is 92.1 Å². The van der Waals surface area contributed by atoms with Crippen LogP contribution in [0.1, 0.15) is 20.3 Å². The Kier molecular flexibility index (Phi) is 9.23. The summed E-state index contributed by atoms with van der Waals surface area (Å²) < 4.78 is 0. The van der Waals surface area contributed by atoms with Gasteiger partial charge in [-0.15, -0.1) is 0 Å². The first-order valence-corrected chi connectivity index (χ1v) is 2.34. The van der Waals surface area contributed by atoms with Crippen LogP contribution in [-0.4, -0.2) is 62.5 Å². The summed E-state index contributed by atoms with van der Waals surface area (Å²) in [4.78, 5) is 9.81. The maximum absolute atomic E-state index is 9.81. The number of rotatable bonds is 2. The second kappa shape index (κ2) is 6.23. The molecule has 0 aliphatic carbocycles. The Balaban J connectivity index is 0. The van der Waals surface area contributed by atoms with Crippen molar-refractivity contribution < 1.29 is 9.90 Å². The number of carboxylic acid groups (broad SMARTS) is 1. The van der Waals surface area contributed by atoms with Crippen molar-refractivity contribution in [3.63, 3.8) is 0 Å². The fraction of sp³-hybridized carbons (Fsp3) is 0.800. The third kappa shape index (κ3) is 10.2.